The highest BCUT2D eigenvalue weighted by atomic mass is 19.3. The van der Waals surface area contributed by atoms with Crippen LogP contribution in [0.3, 0.4) is 0 Å². The molecule has 0 aromatic carbocycles. The Balaban J connectivity index is 1.42. The number of H-pyrrole nitrogens is 1. The maximum Gasteiger partial charge on any atom is 0.265 e. The molecular formula is C23H19F2N9. The summed E-state index contributed by atoms with van der Waals surface area (Å²) >= 11 is 0. The van der Waals surface area contributed by atoms with Gasteiger partial charge in [-0.15, -0.1) is 0 Å². The molecule has 1 fully saturated rings. The molecule has 11 heteroatoms. The Kier molecular flexibility index (Phi) is 5.60. The second-order valence-corrected chi connectivity index (χ2v) is 8.11. The van der Waals surface area contributed by atoms with Gasteiger partial charge in [0.25, 0.3) is 6.43 Å². The molecule has 34 heavy (non-hydrogen) atoms. The first kappa shape index (κ1) is 21.5. The van der Waals surface area contributed by atoms with Crippen molar-refractivity contribution in [2.75, 3.05) is 18.0 Å². The zero-order valence-electron chi connectivity index (χ0n) is 17.9. The van der Waals surface area contributed by atoms with Gasteiger partial charge in [0.15, 0.2) is 0 Å². The van der Waals surface area contributed by atoms with Crippen molar-refractivity contribution in [2.45, 2.75) is 25.3 Å². The minimum absolute atomic E-state index is 0.0219. The maximum atomic E-state index is 13.4. The second kappa shape index (κ2) is 8.87. The number of aromatic amines is 1. The van der Waals surface area contributed by atoms with Crippen LogP contribution in [0.15, 0.2) is 43.2 Å². The van der Waals surface area contributed by atoms with Crippen molar-refractivity contribution in [1.82, 2.24) is 29.7 Å². The van der Waals surface area contributed by atoms with Crippen molar-refractivity contribution in [3.8, 4) is 23.4 Å². The summed E-state index contributed by atoms with van der Waals surface area (Å²) in [5, 5.41) is 24.4. The van der Waals surface area contributed by atoms with E-state index in [0.29, 0.717) is 19.5 Å². The molecule has 2 unspecified atom stereocenters. The number of aromatic nitrogens is 6. The Hall–Kier alpha value is -4.38. The van der Waals surface area contributed by atoms with Gasteiger partial charge in [-0.2, -0.15) is 15.6 Å². The van der Waals surface area contributed by atoms with E-state index in [1.807, 2.05) is 23.2 Å². The smallest absolute Gasteiger partial charge is 0.265 e. The number of nitrogens with zero attached hydrogens (tertiary/aromatic N) is 8. The summed E-state index contributed by atoms with van der Waals surface area (Å²) in [6.45, 7) is 1.02. The molecule has 9 nitrogen and oxygen atoms in total. The van der Waals surface area contributed by atoms with Gasteiger partial charge in [0.2, 0.25) is 0 Å². The Morgan fingerprint density at radius 2 is 2.09 bits per heavy atom. The van der Waals surface area contributed by atoms with Crippen LogP contribution >= 0.6 is 0 Å². The van der Waals surface area contributed by atoms with Crippen LogP contribution in [0.1, 0.15) is 36.4 Å². The summed E-state index contributed by atoms with van der Waals surface area (Å²) in [5.41, 5.74) is 1.86. The van der Waals surface area contributed by atoms with Crippen LogP contribution in [0.25, 0.3) is 22.3 Å². The Morgan fingerprint density at radius 3 is 2.88 bits per heavy atom. The monoisotopic (exact) mass is 459 g/mol. The third-order valence-corrected chi connectivity index (χ3v) is 6.25. The SMILES string of the molecule is N#CCC(C1CCN(c2nccc(C(F)F)c2C#N)C1)n1cc(-c2ncnc3[nH]ccc23)cn1. The summed E-state index contributed by atoms with van der Waals surface area (Å²) < 4.78 is 28.5. The quantitative estimate of drug-likeness (QED) is 0.462. The molecule has 1 aliphatic rings. The molecule has 5 heterocycles. The Labute approximate surface area is 193 Å². The van der Waals surface area contributed by atoms with Crippen LogP contribution in [0, 0.1) is 28.6 Å². The summed E-state index contributed by atoms with van der Waals surface area (Å²) in [4.78, 5) is 17.7. The first-order valence-electron chi connectivity index (χ1n) is 10.7. The van der Waals surface area contributed by atoms with E-state index in [9.17, 15) is 19.3 Å². The van der Waals surface area contributed by atoms with E-state index in [-0.39, 0.29) is 35.3 Å². The van der Waals surface area contributed by atoms with Crippen molar-refractivity contribution in [2.24, 2.45) is 5.92 Å². The Bertz CT molecular complexity index is 1410. The minimum atomic E-state index is -2.75. The fourth-order valence-electron chi connectivity index (χ4n) is 4.61. The molecule has 1 saturated heterocycles. The van der Waals surface area contributed by atoms with Crippen molar-refractivity contribution < 1.29 is 8.78 Å². The van der Waals surface area contributed by atoms with Gasteiger partial charge in [0, 0.05) is 54.1 Å². The number of alkyl halides is 2. The Morgan fingerprint density at radius 1 is 1.21 bits per heavy atom. The van der Waals surface area contributed by atoms with Crippen LogP contribution in [0.2, 0.25) is 0 Å². The van der Waals surface area contributed by atoms with Gasteiger partial charge in [-0.3, -0.25) is 4.68 Å². The lowest BCUT2D eigenvalue weighted by Crippen LogP contribution is -2.26. The van der Waals surface area contributed by atoms with Crippen molar-refractivity contribution in [1.29, 1.82) is 10.5 Å². The molecule has 4 aromatic rings. The summed E-state index contributed by atoms with van der Waals surface area (Å²) in [6.07, 6.45) is 6.37. The summed E-state index contributed by atoms with van der Waals surface area (Å²) in [6, 6.07) is 6.98. The van der Waals surface area contributed by atoms with Crippen molar-refractivity contribution in [3.63, 3.8) is 0 Å². The number of rotatable bonds is 6. The average Bonchev–Trinajstić information content (AvgIpc) is 3.62. The number of hydrogen-bond acceptors (Lipinski definition) is 7. The highest BCUT2D eigenvalue weighted by Crippen LogP contribution is 2.36. The lowest BCUT2D eigenvalue weighted by molar-refractivity contribution is 0.151. The zero-order valence-corrected chi connectivity index (χ0v) is 17.9. The molecule has 1 aliphatic heterocycles. The van der Waals surface area contributed by atoms with Gasteiger partial charge in [0.05, 0.1) is 30.4 Å². The number of nitrogens with one attached hydrogen (secondary N) is 1. The number of anilines is 1. The predicted octanol–water partition coefficient (Wildman–Crippen LogP) is 4.01. The van der Waals surface area contributed by atoms with Gasteiger partial charge in [-0.25, -0.2) is 23.7 Å². The highest BCUT2D eigenvalue weighted by Gasteiger charge is 2.33. The van der Waals surface area contributed by atoms with Crippen LogP contribution in [0.5, 0.6) is 0 Å². The lowest BCUT2D eigenvalue weighted by atomic mass is 9.96. The topological polar surface area (TPSA) is 123 Å². The van der Waals surface area contributed by atoms with Crippen LogP contribution in [-0.4, -0.2) is 42.8 Å². The highest BCUT2D eigenvalue weighted by molar-refractivity contribution is 5.89. The first-order chi connectivity index (χ1) is 16.6. The lowest BCUT2D eigenvalue weighted by Gasteiger charge is -2.23. The molecule has 0 saturated carbocycles. The molecule has 5 rings (SSSR count). The molecule has 0 aliphatic carbocycles. The van der Waals surface area contributed by atoms with E-state index in [2.05, 4.69) is 31.1 Å². The number of nitriles is 2. The van der Waals surface area contributed by atoms with Crippen molar-refractivity contribution >= 4 is 16.9 Å². The third kappa shape index (κ3) is 3.71. The standard InChI is InChI=1S/C23H19F2N9/c24-21(25)16-2-7-29-23(18(16)9-27)33-8-4-14(11-33)19(1-5-26)34-12-15(10-32-34)20-17-3-6-28-22(17)31-13-30-20/h2-3,6-7,10,12-14,19,21H,1,4,8,11H2,(H,28,30,31). The van der Waals surface area contributed by atoms with Gasteiger partial charge >= 0.3 is 0 Å². The third-order valence-electron chi connectivity index (χ3n) is 6.25. The molecule has 0 bridgehead atoms. The number of hydrogen-bond donors (Lipinski definition) is 1. The summed E-state index contributed by atoms with van der Waals surface area (Å²) in [7, 11) is 0. The number of fused-ring (bicyclic) bond motifs is 1. The molecule has 0 radical (unpaired) electrons. The van der Waals surface area contributed by atoms with E-state index < -0.39 is 6.43 Å². The maximum absolute atomic E-state index is 13.4. The fourth-order valence-corrected chi connectivity index (χ4v) is 4.61. The molecular weight excluding hydrogens is 440 g/mol. The predicted molar refractivity (Wildman–Crippen MR) is 119 cm³/mol. The minimum Gasteiger partial charge on any atom is -0.355 e. The largest absolute Gasteiger partial charge is 0.355 e. The van der Waals surface area contributed by atoms with Gasteiger partial charge in [-0.1, -0.05) is 0 Å². The molecule has 0 spiro atoms. The van der Waals surface area contributed by atoms with E-state index >= 15 is 0 Å². The number of halogens is 2. The molecule has 1 N–H and O–H groups in total. The van der Waals surface area contributed by atoms with E-state index in [4.69, 9.17) is 0 Å². The molecule has 0 amide bonds. The van der Waals surface area contributed by atoms with Crippen molar-refractivity contribution in [3.05, 3.63) is 54.4 Å². The zero-order chi connectivity index (χ0) is 23.7. The molecule has 170 valence electrons. The van der Waals surface area contributed by atoms with Gasteiger partial charge in [0.1, 0.15) is 29.4 Å². The number of pyridine rings is 1. The first-order valence-corrected chi connectivity index (χ1v) is 10.7. The van der Waals surface area contributed by atoms with E-state index in [0.717, 1.165) is 22.3 Å². The second-order valence-electron chi connectivity index (χ2n) is 8.11. The average molecular weight is 459 g/mol. The normalized spacial score (nSPS) is 16.6. The van der Waals surface area contributed by atoms with Crippen LogP contribution in [0.4, 0.5) is 14.6 Å². The molecule has 2 atom stereocenters. The van der Waals surface area contributed by atoms with Crippen LogP contribution < -0.4 is 4.90 Å². The fraction of sp³-hybridized carbons (Fsp3) is 0.304. The van der Waals surface area contributed by atoms with E-state index in [1.54, 1.807) is 17.1 Å². The van der Waals surface area contributed by atoms with Gasteiger partial charge in [-0.05, 0) is 18.6 Å². The summed E-state index contributed by atoms with van der Waals surface area (Å²) in [5.74, 6) is 0.282. The van der Waals surface area contributed by atoms with Gasteiger partial charge < -0.3 is 9.88 Å². The molecule has 4 aromatic heterocycles. The van der Waals surface area contributed by atoms with E-state index in [1.165, 1.54) is 18.6 Å². The van der Waals surface area contributed by atoms with Crippen LogP contribution in [-0.2, 0) is 0 Å².